The summed E-state index contributed by atoms with van der Waals surface area (Å²) < 4.78 is 0. The zero-order valence-electron chi connectivity index (χ0n) is 18.5. The molecule has 3 unspecified atom stereocenters. The second kappa shape index (κ2) is 10.2. The van der Waals surface area contributed by atoms with Crippen molar-refractivity contribution in [3.63, 3.8) is 0 Å². The number of nitrogens with zero attached hydrogens (tertiary/aromatic N) is 2. The first kappa shape index (κ1) is 22.6. The van der Waals surface area contributed by atoms with Gasteiger partial charge in [0.05, 0.1) is 0 Å². The summed E-state index contributed by atoms with van der Waals surface area (Å²) in [5.74, 6) is 1.47. The maximum atomic E-state index is 12.7. The molecule has 1 aromatic rings. The van der Waals surface area contributed by atoms with E-state index in [4.69, 9.17) is 0 Å². The molecule has 156 valence electrons. The first-order valence-corrected chi connectivity index (χ1v) is 10.6. The molecule has 0 amide bonds. The molecule has 1 aliphatic carbocycles. The van der Waals surface area contributed by atoms with Crippen LogP contribution in [0.15, 0.2) is 29.8 Å². The Hall–Kier alpha value is -1.65. The average molecular weight is 387 g/mol. The Morgan fingerprint density at radius 1 is 1.07 bits per heavy atom. The highest BCUT2D eigenvalue weighted by atomic mass is 16.3. The molecule has 0 aliphatic heterocycles. The second-order valence-corrected chi connectivity index (χ2v) is 8.77. The van der Waals surface area contributed by atoms with E-state index >= 15 is 0 Å². The maximum absolute atomic E-state index is 12.7. The van der Waals surface area contributed by atoms with Crippen molar-refractivity contribution in [1.82, 2.24) is 9.80 Å². The molecule has 0 radical (unpaired) electrons. The molecule has 1 N–H and O–H groups in total. The summed E-state index contributed by atoms with van der Waals surface area (Å²) in [5, 5.41) is 10.5. The largest absolute Gasteiger partial charge is 0.508 e. The summed E-state index contributed by atoms with van der Waals surface area (Å²) in [6, 6.07) is 6.15. The molecule has 4 nitrogen and oxygen atoms in total. The number of ketones is 1. The van der Waals surface area contributed by atoms with Gasteiger partial charge in [0.25, 0.3) is 0 Å². The minimum absolute atomic E-state index is 0.130. The van der Waals surface area contributed by atoms with Crippen LogP contribution in [0.1, 0.15) is 56.6 Å². The van der Waals surface area contributed by atoms with E-state index in [0.717, 1.165) is 44.3 Å². The molecular weight excluding hydrogens is 348 g/mol. The lowest BCUT2D eigenvalue weighted by Gasteiger charge is -2.32. The molecule has 2 rings (SSSR count). The van der Waals surface area contributed by atoms with Gasteiger partial charge < -0.3 is 14.9 Å². The molecule has 1 aliphatic rings. The molecule has 3 atom stereocenters. The van der Waals surface area contributed by atoms with Crippen molar-refractivity contribution in [1.29, 1.82) is 0 Å². The van der Waals surface area contributed by atoms with E-state index in [9.17, 15) is 9.90 Å². The fourth-order valence-corrected chi connectivity index (χ4v) is 4.61. The van der Waals surface area contributed by atoms with Gasteiger partial charge in [-0.05, 0) is 83.4 Å². The predicted octanol–water partition coefficient (Wildman–Crippen LogP) is 4.44. The SMILES string of the molecule is CCC(C1=CC(=O)C(CN(C)C)CC1)C(CC)c1ccc(CN(C)C)c(O)c1. The van der Waals surface area contributed by atoms with Crippen molar-refractivity contribution >= 4 is 5.78 Å². The number of hydrogen-bond donors (Lipinski definition) is 1. The van der Waals surface area contributed by atoms with Gasteiger partial charge in [-0.3, -0.25) is 4.79 Å². The number of phenols is 1. The fraction of sp³-hybridized carbons (Fsp3) is 0.625. The van der Waals surface area contributed by atoms with E-state index in [-0.39, 0.29) is 11.7 Å². The third kappa shape index (κ3) is 5.68. The molecule has 0 saturated carbocycles. The third-order valence-corrected chi connectivity index (χ3v) is 5.96. The maximum Gasteiger partial charge on any atom is 0.160 e. The van der Waals surface area contributed by atoms with Crippen LogP contribution in [0, 0.1) is 11.8 Å². The summed E-state index contributed by atoms with van der Waals surface area (Å²) in [5.41, 5.74) is 3.43. The van der Waals surface area contributed by atoms with Gasteiger partial charge in [-0.25, -0.2) is 0 Å². The Morgan fingerprint density at radius 2 is 1.75 bits per heavy atom. The lowest BCUT2D eigenvalue weighted by Crippen LogP contribution is -2.30. The van der Waals surface area contributed by atoms with Crippen LogP contribution < -0.4 is 0 Å². The average Bonchev–Trinajstić information content (AvgIpc) is 2.62. The van der Waals surface area contributed by atoms with E-state index < -0.39 is 0 Å². The van der Waals surface area contributed by atoms with Crippen LogP contribution in [0.2, 0.25) is 0 Å². The van der Waals surface area contributed by atoms with Gasteiger partial charge in [0.15, 0.2) is 5.78 Å². The topological polar surface area (TPSA) is 43.8 Å². The van der Waals surface area contributed by atoms with E-state index in [0.29, 0.717) is 17.6 Å². The van der Waals surface area contributed by atoms with E-state index in [1.807, 2.05) is 46.4 Å². The van der Waals surface area contributed by atoms with Gasteiger partial charge >= 0.3 is 0 Å². The Balaban J connectivity index is 2.24. The first-order valence-electron chi connectivity index (χ1n) is 10.6. The smallest absolute Gasteiger partial charge is 0.160 e. The van der Waals surface area contributed by atoms with Gasteiger partial charge in [-0.2, -0.15) is 0 Å². The first-order chi connectivity index (χ1) is 13.3. The van der Waals surface area contributed by atoms with Crippen LogP contribution in [-0.2, 0) is 11.3 Å². The molecule has 4 heteroatoms. The zero-order valence-corrected chi connectivity index (χ0v) is 18.5. The number of benzene rings is 1. The number of carbonyl (C=O) groups excluding carboxylic acids is 1. The molecule has 0 fully saturated rings. The Kier molecular flexibility index (Phi) is 8.26. The molecule has 0 aromatic heterocycles. The van der Waals surface area contributed by atoms with Gasteiger partial charge in [-0.1, -0.05) is 31.6 Å². The van der Waals surface area contributed by atoms with Crippen molar-refractivity contribution < 1.29 is 9.90 Å². The number of phenolic OH excluding ortho intramolecular Hbond substituents is 1. The molecule has 1 aromatic carbocycles. The van der Waals surface area contributed by atoms with E-state index in [1.165, 1.54) is 11.1 Å². The summed E-state index contributed by atoms with van der Waals surface area (Å²) in [7, 11) is 8.07. The Labute approximate surface area is 171 Å². The zero-order chi connectivity index (χ0) is 20.8. The summed E-state index contributed by atoms with van der Waals surface area (Å²) in [6.45, 7) is 5.98. The van der Waals surface area contributed by atoms with Crippen LogP contribution in [0.3, 0.4) is 0 Å². The third-order valence-electron chi connectivity index (χ3n) is 5.96. The van der Waals surface area contributed by atoms with Crippen LogP contribution >= 0.6 is 0 Å². The van der Waals surface area contributed by atoms with E-state index in [1.54, 1.807) is 0 Å². The normalized spacial score (nSPS) is 19.8. The summed E-state index contributed by atoms with van der Waals surface area (Å²) in [6.07, 6.45) is 5.90. The minimum atomic E-state index is 0.130. The molecule has 28 heavy (non-hydrogen) atoms. The van der Waals surface area contributed by atoms with Crippen molar-refractivity contribution in [2.75, 3.05) is 34.7 Å². The highest BCUT2D eigenvalue weighted by Gasteiger charge is 2.30. The van der Waals surface area contributed by atoms with Gasteiger partial charge in [0.2, 0.25) is 0 Å². The monoisotopic (exact) mass is 386 g/mol. The Morgan fingerprint density at radius 3 is 2.25 bits per heavy atom. The Bertz CT molecular complexity index is 694. The number of carbonyl (C=O) groups is 1. The van der Waals surface area contributed by atoms with Crippen LogP contribution in [0.4, 0.5) is 0 Å². The van der Waals surface area contributed by atoms with Gasteiger partial charge in [0.1, 0.15) is 5.75 Å². The summed E-state index contributed by atoms with van der Waals surface area (Å²) >= 11 is 0. The fourth-order valence-electron chi connectivity index (χ4n) is 4.61. The predicted molar refractivity (Wildman–Crippen MR) is 117 cm³/mol. The molecule has 0 heterocycles. The van der Waals surface area contributed by atoms with Crippen LogP contribution in [0.5, 0.6) is 5.75 Å². The van der Waals surface area contributed by atoms with Crippen LogP contribution in [-0.4, -0.2) is 55.4 Å². The van der Waals surface area contributed by atoms with Gasteiger partial charge in [-0.15, -0.1) is 0 Å². The van der Waals surface area contributed by atoms with Crippen molar-refractivity contribution in [3.8, 4) is 5.75 Å². The number of aromatic hydroxyl groups is 1. The van der Waals surface area contributed by atoms with E-state index in [2.05, 4.69) is 29.7 Å². The second-order valence-electron chi connectivity index (χ2n) is 8.77. The highest BCUT2D eigenvalue weighted by Crippen LogP contribution is 2.40. The number of hydrogen-bond acceptors (Lipinski definition) is 4. The van der Waals surface area contributed by atoms with Crippen molar-refractivity contribution in [3.05, 3.63) is 41.0 Å². The van der Waals surface area contributed by atoms with Crippen LogP contribution in [0.25, 0.3) is 0 Å². The quantitative estimate of drug-likeness (QED) is 0.681. The minimum Gasteiger partial charge on any atom is -0.508 e. The molecular formula is C24H38N2O2. The number of allylic oxidation sites excluding steroid dienone is 2. The molecule has 0 spiro atoms. The molecule has 0 saturated heterocycles. The number of rotatable bonds is 9. The standard InChI is InChI=1S/C24H38N2O2/c1-7-21(17-9-11-19(15-25(3)4)23(27)13-17)22(8-2)18-10-12-20(16-26(5)6)24(28)14-18/h9,11,13-14,20-22,27H,7-8,10,12,15-16H2,1-6H3. The molecule has 0 bridgehead atoms. The lowest BCUT2D eigenvalue weighted by molar-refractivity contribution is -0.119. The lowest BCUT2D eigenvalue weighted by atomic mass is 9.73. The summed E-state index contributed by atoms with van der Waals surface area (Å²) in [4.78, 5) is 16.8. The highest BCUT2D eigenvalue weighted by molar-refractivity contribution is 5.93. The van der Waals surface area contributed by atoms with Gasteiger partial charge in [0, 0.05) is 24.6 Å². The van der Waals surface area contributed by atoms with Crippen molar-refractivity contribution in [2.45, 2.75) is 52.0 Å². The van der Waals surface area contributed by atoms with Crippen molar-refractivity contribution in [2.24, 2.45) is 11.8 Å².